The number of unbranched alkanes of at least 4 members (excludes halogenated alkanes) is 2. The van der Waals surface area contributed by atoms with Crippen LogP contribution in [0.2, 0.25) is 0 Å². The summed E-state index contributed by atoms with van der Waals surface area (Å²) in [6.45, 7) is 7.25. The molecule has 0 radical (unpaired) electrons. The molecule has 0 N–H and O–H groups in total. The van der Waals surface area contributed by atoms with Crippen LogP contribution in [-0.2, 0) is 4.74 Å². The monoisotopic (exact) mass is 181 g/mol. The highest BCUT2D eigenvalue weighted by Gasteiger charge is 1.94. The van der Waals surface area contributed by atoms with Crippen LogP contribution < -0.4 is 0 Å². The second kappa shape index (κ2) is 9.28. The number of hydrogen-bond donors (Lipinski definition) is 0. The normalized spacial score (nSPS) is 9.54. The Labute approximate surface area is 81.2 Å². The van der Waals surface area contributed by atoms with Crippen molar-refractivity contribution in [1.29, 1.82) is 5.26 Å². The van der Waals surface area contributed by atoms with Gasteiger partial charge in [-0.1, -0.05) is 31.9 Å². The van der Waals surface area contributed by atoms with E-state index in [0.29, 0.717) is 19.6 Å². The lowest BCUT2D eigenvalue weighted by molar-refractivity contribution is 0.160. The number of ether oxygens (including phenoxy) is 1. The molecule has 2 nitrogen and oxygen atoms in total. The zero-order valence-corrected chi connectivity index (χ0v) is 8.51. The van der Waals surface area contributed by atoms with Crippen molar-refractivity contribution in [3.8, 4) is 6.07 Å². The van der Waals surface area contributed by atoms with Crippen LogP contribution in [0.15, 0.2) is 12.2 Å². The maximum absolute atomic E-state index is 8.25. The van der Waals surface area contributed by atoms with Gasteiger partial charge in [0.1, 0.15) is 0 Å². The molecule has 0 saturated heterocycles. The van der Waals surface area contributed by atoms with Crippen LogP contribution in [0.1, 0.15) is 39.0 Å². The molecule has 0 aromatic rings. The van der Waals surface area contributed by atoms with E-state index < -0.39 is 0 Å². The standard InChI is InChI=1S/C11H19NO/c1-3-4-5-7-11(2)10-13-9-6-8-12/h2-7,9-10H2,1H3. The second-order valence-corrected chi connectivity index (χ2v) is 3.17. The van der Waals surface area contributed by atoms with Crippen molar-refractivity contribution >= 4 is 0 Å². The zero-order valence-electron chi connectivity index (χ0n) is 8.51. The third-order valence-electron chi connectivity index (χ3n) is 1.80. The number of nitrogens with zero attached hydrogens (tertiary/aromatic N) is 1. The molecule has 0 saturated carbocycles. The zero-order chi connectivity index (χ0) is 9.94. The molecule has 0 atom stereocenters. The minimum atomic E-state index is 0.474. The molecule has 0 bridgehead atoms. The molecule has 0 rings (SSSR count). The van der Waals surface area contributed by atoms with E-state index in [1.807, 2.05) is 6.07 Å². The summed E-state index contributed by atoms with van der Waals surface area (Å²) in [5.41, 5.74) is 1.14. The van der Waals surface area contributed by atoms with Gasteiger partial charge >= 0.3 is 0 Å². The molecule has 0 aliphatic heterocycles. The van der Waals surface area contributed by atoms with Crippen molar-refractivity contribution in [3.05, 3.63) is 12.2 Å². The quantitative estimate of drug-likeness (QED) is 0.426. The fraction of sp³-hybridized carbons (Fsp3) is 0.727. The molecular formula is C11H19NO. The van der Waals surface area contributed by atoms with Crippen molar-refractivity contribution in [3.63, 3.8) is 0 Å². The van der Waals surface area contributed by atoms with E-state index in [4.69, 9.17) is 10.00 Å². The molecule has 0 aliphatic carbocycles. The third-order valence-corrected chi connectivity index (χ3v) is 1.80. The Morgan fingerprint density at radius 3 is 2.85 bits per heavy atom. The summed E-state index contributed by atoms with van der Waals surface area (Å²) in [7, 11) is 0. The lowest BCUT2D eigenvalue weighted by Gasteiger charge is -2.04. The highest BCUT2D eigenvalue weighted by molar-refractivity contribution is 4.93. The Kier molecular flexibility index (Phi) is 8.70. The third kappa shape index (κ3) is 9.10. The maximum Gasteiger partial charge on any atom is 0.0674 e. The van der Waals surface area contributed by atoms with E-state index >= 15 is 0 Å². The van der Waals surface area contributed by atoms with Gasteiger partial charge in [0.2, 0.25) is 0 Å². The summed E-state index contributed by atoms with van der Waals surface area (Å²) in [5, 5.41) is 8.25. The van der Waals surface area contributed by atoms with Gasteiger partial charge in [0.25, 0.3) is 0 Å². The summed E-state index contributed by atoms with van der Waals surface area (Å²) >= 11 is 0. The average Bonchev–Trinajstić information content (AvgIpc) is 2.13. The molecule has 0 heterocycles. The van der Waals surface area contributed by atoms with Gasteiger partial charge in [-0.2, -0.15) is 5.26 Å². The molecule has 0 spiro atoms. The van der Waals surface area contributed by atoms with Crippen LogP contribution in [0.25, 0.3) is 0 Å². The highest BCUT2D eigenvalue weighted by atomic mass is 16.5. The lowest BCUT2D eigenvalue weighted by Crippen LogP contribution is -1.98. The first-order valence-electron chi connectivity index (χ1n) is 4.92. The topological polar surface area (TPSA) is 33.0 Å². The fourth-order valence-corrected chi connectivity index (χ4v) is 1.03. The van der Waals surface area contributed by atoms with Gasteiger partial charge in [0, 0.05) is 0 Å². The van der Waals surface area contributed by atoms with Crippen LogP contribution in [0.5, 0.6) is 0 Å². The summed E-state index contributed by atoms with van der Waals surface area (Å²) in [4.78, 5) is 0. The molecular weight excluding hydrogens is 162 g/mol. The first-order valence-corrected chi connectivity index (χ1v) is 4.92. The Hall–Kier alpha value is -0.810. The molecule has 0 aromatic heterocycles. The van der Waals surface area contributed by atoms with Gasteiger partial charge < -0.3 is 4.74 Å². The molecule has 13 heavy (non-hydrogen) atoms. The van der Waals surface area contributed by atoms with Crippen LogP contribution in [-0.4, -0.2) is 13.2 Å². The van der Waals surface area contributed by atoms with Crippen LogP contribution in [0.3, 0.4) is 0 Å². The van der Waals surface area contributed by atoms with Gasteiger partial charge in [-0.3, -0.25) is 0 Å². The molecule has 0 aromatic carbocycles. The van der Waals surface area contributed by atoms with Gasteiger partial charge in [-0.25, -0.2) is 0 Å². The summed E-state index contributed by atoms with van der Waals surface area (Å²) in [6.07, 6.45) is 5.24. The lowest BCUT2D eigenvalue weighted by atomic mass is 10.1. The van der Waals surface area contributed by atoms with Crippen molar-refractivity contribution < 1.29 is 4.74 Å². The number of nitriles is 1. The van der Waals surface area contributed by atoms with Gasteiger partial charge in [0.15, 0.2) is 0 Å². The van der Waals surface area contributed by atoms with Crippen LogP contribution in [0.4, 0.5) is 0 Å². The Morgan fingerprint density at radius 2 is 2.23 bits per heavy atom. The highest BCUT2D eigenvalue weighted by Crippen LogP contribution is 2.07. The van der Waals surface area contributed by atoms with E-state index in [9.17, 15) is 0 Å². The maximum atomic E-state index is 8.25. The number of hydrogen-bond acceptors (Lipinski definition) is 2. The summed E-state index contributed by atoms with van der Waals surface area (Å²) in [5.74, 6) is 0. The molecule has 0 aliphatic rings. The van der Waals surface area contributed by atoms with E-state index in [2.05, 4.69) is 13.5 Å². The largest absolute Gasteiger partial charge is 0.376 e. The van der Waals surface area contributed by atoms with Crippen LogP contribution >= 0.6 is 0 Å². The smallest absolute Gasteiger partial charge is 0.0674 e. The van der Waals surface area contributed by atoms with Gasteiger partial charge in [-0.05, 0) is 12.8 Å². The van der Waals surface area contributed by atoms with Crippen LogP contribution in [0, 0.1) is 11.3 Å². The van der Waals surface area contributed by atoms with Crippen molar-refractivity contribution in [1.82, 2.24) is 0 Å². The minimum absolute atomic E-state index is 0.474. The van der Waals surface area contributed by atoms with Crippen molar-refractivity contribution in [2.24, 2.45) is 0 Å². The molecule has 2 heteroatoms. The van der Waals surface area contributed by atoms with E-state index in [1.165, 1.54) is 19.3 Å². The van der Waals surface area contributed by atoms with E-state index in [1.54, 1.807) is 0 Å². The van der Waals surface area contributed by atoms with E-state index in [-0.39, 0.29) is 0 Å². The predicted octanol–water partition coefficient (Wildman–Crippen LogP) is 3.05. The summed E-state index contributed by atoms with van der Waals surface area (Å²) in [6, 6.07) is 2.04. The fourth-order valence-electron chi connectivity index (χ4n) is 1.03. The molecule has 0 fully saturated rings. The van der Waals surface area contributed by atoms with Gasteiger partial charge in [-0.15, -0.1) is 0 Å². The SMILES string of the molecule is C=C(CCCCC)COCCC#N. The Morgan fingerprint density at radius 1 is 1.46 bits per heavy atom. The minimum Gasteiger partial charge on any atom is -0.376 e. The molecule has 0 unspecified atom stereocenters. The predicted molar refractivity (Wildman–Crippen MR) is 54.3 cm³/mol. The van der Waals surface area contributed by atoms with Crippen molar-refractivity contribution in [2.45, 2.75) is 39.0 Å². The second-order valence-electron chi connectivity index (χ2n) is 3.17. The molecule has 0 amide bonds. The molecule has 74 valence electrons. The Bertz CT molecular complexity index is 169. The summed E-state index contributed by atoms with van der Waals surface area (Å²) < 4.78 is 5.24. The van der Waals surface area contributed by atoms with E-state index in [0.717, 1.165) is 12.0 Å². The Balaban J connectivity index is 3.16. The average molecular weight is 181 g/mol. The number of rotatable bonds is 8. The van der Waals surface area contributed by atoms with Gasteiger partial charge in [0.05, 0.1) is 25.7 Å². The first kappa shape index (κ1) is 12.2. The van der Waals surface area contributed by atoms with Crippen molar-refractivity contribution in [2.75, 3.05) is 13.2 Å². The first-order chi connectivity index (χ1) is 6.31.